The number of methoxy groups -OCH3 is 1. The Kier molecular flexibility index (Phi) is 6.11. The first kappa shape index (κ1) is 17.0. The van der Waals surface area contributed by atoms with Crippen molar-refractivity contribution in [2.75, 3.05) is 20.8 Å². The van der Waals surface area contributed by atoms with Crippen molar-refractivity contribution in [3.8, 4) is 5.75 Å². The van der Waals surface area contributed by atoms with Crippen LogP contribution in [0, 0.1) is 0 Å². The van der Waals surface area contributed by atoms with Gasteiger partial charge in [0.1, 0.15) is 5.75 Å². The van der Waals surface area contributed by atoms with E-state index in [4.69, 9.17) is 4.74 Å². The fourth-order valence-corrected chi connectivity index (χ4v) is 2.43. The lowest BCUT2D eigenvalue weighted by molar-refractivity contribution is -0.132. The zero-order valence-electron chi connectivity index (χ0n) is 13.5. The van der Waals surface area contributed by atoms with Crippen LogP contribution in [0.3, 0.4) is 0 Å². The number of aliphatic hydroxyl groups is 1. The molecule has 0 radical (unpaired) electrons. The van der Waals surface area contributed by atoms with E-state index in [1.165, 1.54) is 0 Å². The molecule has 1 aromatic heterocycles. The maximum atomic E-state index is 12.4. The number of pyridine rings is 1. The first-order valence-electron chi connectivity index (χ1n) is 7.55. The summed E-state index contributed by atoms with van der Waals surface area (Å²) in [7, 11) is 3.33. The minimum Gasteiger partial charge on any atom is -0.497 e. The first-order chi connectivity index (χ1) is 11.2. The molecule has 122 valence electrons. The van der Waals surface area contributed by atoms with Crippen LogP contribution in [-0.4, -0.2) is 41.7 Å². The fourth-order valence-electron chi connectivity index (χ4n) is 2.43. The van der Waals surface area contributed by atoms with E-state index in [1.807, 2.05) is 36.4 Å². The van der Waals surface area contributed by atoms with Crippen LogP contribution >= 0.6 is 0 Å². The zero-order valence-corrected chi connectivity index (χ0v) is 13.5. The molecule has 2 rings (SSSR count). The molecule has 0 fully saturated rings. The fraction of sp³-hybridized carbons (Fsp3) is 0.333. The van der Waals surface area contributed by atoms with Crippen molar-refractivity contribution in [1.29, 1.82) is 0 Å². The highest BCUT2D eigenvalue weighted by Crippen LogP contribution is 2.22. The monoisotopic (exact) mass is 314 g/mol. The molecule has 0 aliphatic rings. The molecule has 2 aromatic rings. The standard InChI is InChI=1S/C18H22N2O3/c1-20(18(22)8-3-14-9-11-19-12-10-14)17(13-21)15-4-6-16(23-2)7-5-15/h4-7,9-12,17,21H,3,8,13H2,1-2H3. The van der Waals surface area contributed by atoms with Gasteiger partial charge < -0.3 is 14.7 Å². The summed E-state index contributed by atoms with van der Waals surface area (Å²) >= 11 is 0. The number of hydrogen-bond acceptors (Lipinski definition) is 4. The topological polar surface area (TPSA) is 62.7 Å². The predicted molar refractivity (Wildman–Crippen MR) is 88.1 cm³/mol. The molecule has 1 atom stereocenters. The lowest BCUT2D eigenvalue weighted by Crippen LogP contribution is -2.33. The summed E-state index contributed by atoms with van der Waals surface area (Å²) in [6, 6.07) is 10.8. The highest BCUT2D eigenvalue weighted by Gasteiger charge is 2.20. The quantitative estimate of drug-likeness (QED) is 0.851. The Morgan fingerprint density at radius 3 is 2.43 bits per heavy atom. The second kappa shape index (κ2) is 8.29. The van der Waals surface area contributed by atoms with E-state index in [1.54, 1.807) is 31.5 Å². The third-order valence-electron chi connectivity index (χ3n) is 3.91. The lowest BCUT2D eigenvalue weighted by atomic mass is 10.0. The van der Waals surface area contributed by atoms with E-state index in [9.17, 15) is 9.90 Å². The number of amides is 1. The molecule has 0 bridgehead atoms. The van der Waals surface area contributed by atoms with Gasteiger partial charge in [0.2, 0.25) is 5.91 Å². The third kappa shape index (κ3) is 4.53. The largest absolute Gasteiger partial charge is 0.497 e. The van der Waals surface area contributed by atoms with Crippen LogP contribution in [0.1, 0.15) is 23.6 Å². The lowest BCUT2D eigenvalue weighted by Gasteiger charge is -2.27. The number of likely N-dealkylation sites (N-methyl/N-ethyl adjacent to an activating group) is 1. The van der Waals surface area contributed by atoms with E-state index in [0.717, 1.165) is 16.9 Å². The van der Waals surface area contributed by atoms with Gasteiger partial charge in [0.25, 0.3) is 0 Å². The second-order valence-corrected chi connectivity index (χ2v) is 5.33. The SMILES string of the molecule is COc1ccc(C(CO)N(C)C(=O)CCc2ccncc2)cc1. The van der Waals surface area contributed by atoms with E-state index in [2.05, 4.69) is 4.98 Å². The van der Waals surface area contributed by atoms with E-state index in [0.29, 0.717) is 12.8 Å². The highest BCUT2D eigenvalue weighted by atomic mass is 16.5. The van der Waals surface area contributed by atoms with E-state index in [-0.39, 0.29) is 18.6 Å². The minimum absolute atomic E-state index is 0.00307. The number of aryl methyl sites for hydroxylation is 1. The zero-order chi connectivity index (χ0) is 16.7. The van der Waals surface area contributed by atoms with Crippen LogP contribution in [0.15, 0.2) is 48.8 Å². The van der Waals surface area contributed by atoms with Crippen molar-refractivity contribution in [1.82, 2.24) is 9.88 Å². The van der Waals surface area contributed by atoms with Gasteiger partial charge in [-0.2, -0.15) is 0 Å². The average Bonchev–Trinajstić information content (AvgIpc) is 2.61. The molecule has 0 saturated heterocycles. The van der Waals surface area contributed by atoms with Gasteiger partial charge in [0.15, 0.2) is 0 Å². The molecule has 0 aliphatic heterocycles. The maximum Gasteiger partial charge on any atom is 0.223 e. The Morgan fingerprint density at radius 2 is 1.87 bits per heavy atom. The Hall–Kier alpha value is -2.40. The molecule has 0 saturated carbocycles. The number of hydrogen-bond donors (Lipinski definition) is 1. The van der Waals surface area contributed by atoms with Gasteiger partial charge in [-0.1, -0.05) is 12.1 Å². The van der Waals surface area contributed by atoms with Gasteiger partial charge in [-0.05, 0) is 41.8 Å². The molecule has 1 aromatic carbocycles. The first-order valence-corrected chi connectivity index (χ1v) is 7.55. The van der Waals surface area contributed by atoms with Crippen molar-refractivity contribution in [3.05, 3.63) is 59.9 Å². The van der Waals surface area contributed by atoms with Crippen molar-refractivity contribution >= 4 is 5.91 Å². The number of benzene rings is 1. The number of nitrogens with zero attached hydrogens (tertiary/aromatic N) is 2. The predicted octanol–water partition coefficient (Wildman–Crippen LogP) is 2.21. The van der Waals surface area contributed by atoms with Crippen LogP contribution in [-0.2, 0) is 11.2 Å². The van der Waals surface area contributed by atoms with Crippen molar-refractivity contribution in [2.45, 2.75) is 18.9 Å². The Morgan fingerprint density at radius 1 is 1.22 bits per heavy atom. The summed E-state index contributed by atoms with van der Waals surface area (Å²) in [5.74, 6) is 0.744. The van der Waals surface area contributed by atoms with Gasteiger partial charge in [-0.25, -0.2) is 0 Å². The minimum atomic E-state index is -0.356. The maximum absolute atomic E-state index is 12.4. The molecule has 1 amide bonds. The molecule has 23 heavy (non-hydrogen) atoms. The Labute approximate surface area is 136 Å². The molecule has 5 heteroatoms. The molecule has 5 nitrogen and oxygen atoms in total. The smallest absolute Gasteiger partial charge is 0.223 e. The summed E-state index contributed by atoms with van der Waals surface area (Å²) in [6.45, 7) is -0.121. The number of ether oxygens (including phenoxy) is 1. The average molecular weight is 314 g/mol. The molecule has 1 unspecified atom stereocenters. The molecule has 1 N–H and O–H groups in total. The summed E-state index contributed by atoms with van der Waals surface area (Å²) in [5.41, 5.74) is 1.96. The summed E-state index contributed by atoms with van der Waals surface area (Å²) in [6.07, 6.45) is 4.49. The summed E-state index contributed by atoms with van der Waals surface area (Å²) in [4.78, 5) is 18.0. The molecule has 0 aliphatic carbocycles. The van der Waals surface area contributed by atoms with Gasteiger partial charge in [0.05, 0.1) is 19.8 Å². The number of aliphatic hydroxyl groups excluding tert-OH is 1. The van der Waals surface area contributed by atoms with Gasteiger partial charge in [0, 0.05) is 25.9 Å². The van der Waals surface area contributed by atoms with Gasteiger partial charge in [-0.3, -0.25) is 9.78 Å². The molecular formula is C18H22N2O3. The number of carbonyl (C=O) groups is 1. The summed E-state index contributed by atoms with van der Waals surface area (Å²) < 4.78 is 5.13. The number of carbonyl (C=O) groups excluding carboxylic acids is 1. The highest BCUT2D eigenvalue weighted by molar-refractivity contribution is 5.76. The van der Waals surface area contributed by atoms with Crippen molar-refractivity contribution in [2.24, 2.45) is 0 Å². The van der Waals surface area contributed by atoms with Crippen LogP contribution in [0.4, 0.5) is 0 Å². The van der Waals surface area contributed by atoms with Crippen LogP contribution in [0.25, 0.3) is 0 Å². The number of aromatic nitrogens is 1. The number of rotatable bonds is 7. The molecular weight excluding hydrogens is 292 g/mol. The van der Waals surface area contributed by atoms with Crippen molar-refractivity contribution in [3.63, 3.8) is 0 Å². The third-order valence-corrected chi connectivity index (χ3v) is 3.91. The van der Waals surface area contributed by atoms with E-state index >= 15 is 0 Å². The van der Waals surface area contributed by atoms with Gasteiger partial charge >= 0.3 is 0 Å². The van der Waals surface area contributed by atoms with Crippen LogP contribution in [0.2, 0.25) is 0 Å². The Balaban J connectivity index is 2.00. The Bertz CT molecular complexity index is 614. The molecule has 1 heterocycles. The van der Waals surface area contributed by atoms with Crippen molar-refractivity contribution < 1.29 is 14.6 Å². The van der Waals surface area contributed by atoms with Crippen LogP contribution < -0.4 is 4.74 Å². The molecule has 0 spiro atoms. The normalized spacial score (nSPS) is 11.8. The van der Waals surface area contributed by atoms with Crippen LogP contribution in [0.5, 0.6) is 5.75 Å². The van der Waals surface area contributed by atoms with E-state index < -0.39 is 0 Å². The second-order valence-electron chi connectivity index (χ2n) is 5.33. The summed E-state index contributed by atoms with van der Waals surface area (Å²) in [5, 5.41) is 9.68. The van der Waals surface area contributed by atoms with Gasteiger partial charge in [-0.15, -0.1) is 0 Å².